The number of alkyl halides is 2. The normalized spacial score (nSPS) is 14.4. The third-order valence-electron chi connectivity index (χ3n) is 3.82. The van der Waals surface area contributed by atoms with Gasteiger partial charge in [-0.3, -0.25) is 0 Å². The first-order valence-electron chi connectivity index (χ1n) is 8.77. The molecule has 0 aliphatic rings. The zero-order chi connectivity index (χ0) is 16.1. The van der Waals surface area contributed by atoms with E-state index in [2.05, 4.69) is 27.7 Å². The van der Waals surface area contributed by atoms with Gasteiger partial charge < -0.3 is 0 Å². The van der Waals surface area contributed by atoms with Crippen LogP contribution in [-0.4, -0.2) is 5.92 Å². The summed E-state index contributed by atoms with van der Waals surface area (Å²) >= 11 is 0. The lowest BCUT2D eigenvalue weighted by Crippen LogP contribution is -2.28. The van der Waals surface area contributed by atoms with E-state index in [1.165, 1.54) is 0 Å². The molecule has 0 N–H and O–H groups in total. The first kappa shape index (κ1) is 22.1. The Labute approximate surface area is 126 Å². The molecule has 0 bridgehead atoms. The Morgan fingerprint density at radius 3 is 1.70 bits per heavy atom. The van der Waals surface area contributed by atoms with Crippen molar-refractivity contribution < 1.29 is 8.78 Å². The van der Waals surface area contributed by atoms with Gasteiger partial charge in [0, 0.05) is 12.8 Å². The van der Waals surface area contributed by atoms with Gasteiger partial charge >= 0.3 is 0 Å². The Morgan fingerprint density at radius 1 is 0.700 bits per heavy atom. The smallest absolute Gasteiger partial charge is 0.207 e. The first-order chi connectivity index (χ1) is 9.39. The van der Waals surface area contributed by atoms with E-state index in [-0.39, 0.29) is 18.3 Å². The highest BCUT2D eigenvalue weighted by Gasteiger charge is 2.37. The van der Waals surface area contributed by atoms with Crippen LogP contribution in [0.3, 0.4) is 0 Å². The molecule has 0 heterocycles. The Hall–Kier alpha value is -0.140. The fraction of sp³-hybridized carbons (Fsp3) is 1.00. The van der Waals surface area contributed by atoms with E-state index < -0.39 is 5.92 Å². The Morgan fingerprint density at radius 2 is 1.25 bits per heavy atom. The third kappa shape index (κ3) is 11.7. The van der Waals surface area contributed by atoms with E-state index in [1.54, 1.807) is 0 Å². The van der Waals surface area contributed by atoms with Crippen molar-refractivity contribution in [1.29, 1.82) is 0 Å². The SMILES string of the molecule is CC.CCCCCC(F)(F)CC(C)(CCC)CCCC. The maximum Gasteiger partial charge on any atom is 0.248 e. The van der Waals surface area contributed by atoms with Crippen LogP contribution in [0.2, 0.25) is 0 Å². The van der Waals surface area contributed by atoms with Crippen LogP contribution < -0.4 is 0 Å². The van der Waals surface area contributed by atoms with E-state index in [1.807, 2.05) is 13.8 Å². The molecule has 20 heavy (non-hydrogen) atoms. The zero-order valence-corrected chi connectivity index (χ0v) is 14.8. The average Bonchev–Trinajstić information content (AvgIpc) is 2.38. The van der Waals surface area contributed by atoms with E-state index in [0.29, 0.717) is 6.42 Å². The van der Waals surface area contributed by atoms with Gasteiger partial charge in [-0.2, -0.15) is 0 Å². The van der Waals surface area contributed by atoms with Crippen LogP contribution in [0, 0.1) is 5.41 Å². The molecule has 0 rings (SSSR count). The van der Waals surface area contributed by atoms with Gasteiger partial charge in [0.2, 0.25) is 5.92 Å². The summed E-state index contributed by atoms with van der Waals surface area (Å²) in [5.41, 5.74) is -0.166. The highest BCUT2D eigenvalue weighted by Crippen LogP contribution is 2.42. The molecule has 0 aromatic rings. The minimum atomic E-state index is -2.47. The van der Waals surface area contributed by atoms with Gasteiger partial charge in [-0.25, -0.2) is 8.78 Å². The molecular weight excluding hydrogens is 254 g/mol. The van der Waals surface area contributed by atoms with Crippen LogP contribution in [0.1, 0.15) is 106 Å². The molecule has 0 saturated heterocycles. The van der Waals surface area contributed by atoms with E-state index >= 15 is 0 Å². The quantitative estimate of drug-likeness (QED) is 0.344. The van der Waals surface area contributed by atoms with Crippen molar-refractivity contribution in [3.05, 3.63) is 0 Å². The standard InChI is InChI=1S/C16H32F2.C2H6/c1-5-8-10-13-16(17,18)14-15(4,11-7-3)12-9-6-2;1-2/h5-14H2,1-4H3;1-2H3. The van der Waals surface area contributed by atoms with Crippen LogP contribution in [0.15, 0.2) is 0 Å². The molecule has 0 aliphatic heterocycles. The van der Waals surface area contributed by atoms with Crippen LogP contribution in [0.25, 0.3) is 0 Å². The zero-order valence-electron chi connectivity index (χ0n) is 14.8. The van der Waals surface area contributed by atoms with E-state index in [0.717, 1.165) is 44.9 Å². The van der Waals surface area contributed by atoms with Crippen LogP contribution >= 0.6 is 0 Å². The van der Waals surface area contributed by atoms with Crippen molar-refractivity contribution >= 4 is 0 Å². The molecule has 0 fully saturated rings. The second-order valence-corrected chi connectivity index (χ2v) is 6.15. The molecule has 1 atom stereocenters. The highest BCUT2D eigenvalue weighted by atomic mass is 19.3. The Kier molecular flexibility index (Phi) is 13.9. The number of hydrogen-bond donors (Lipinski definition) is 0. The maximum absolute atomic E-state index is 14.0. The second-order valence-electron chi connectivity index (χ2n) is 6.15. The molecule has 0 saturated carbocycles. The molecule has 0 amide bonds. The summed E-state index contributed by atoms with van der Waals surface area (Å²) in [5, 5.41) is 0. The minimum Gasteiger partial charge on any atom is -0.207 e. The highest BCUT2D eigenvalue weighted by molar-refractivity contribution is 4.81. The molecule has 0 radical (unpaired) electrons. The molecule has 0 spiro atoms. The van der Waals surface area contributed by atoms with Crippen molar-refractivity contribution in [2.75, 3.05) is 0 Å². The second kappa shape index (κ2) is 12.6. The van der Waals surface area contributed by atoms with Gasteiger partial charge in [0.15, 0.2) is 0 Å². The van der Waals surface area contributed by atoms with Crippen molar-refractivity contribution in [2.45, 2.75) is 112 Å². The summed E-state index contributed by atoms with van der Waals surface area (Å²) in [6, 6.07) is 0. The lowest BCUT2D eigenvalue weighted by molar-refractivity contribution is -0.0560. The lowest BCUT2D eigenvalue weighted by atomic mass is 9.75. The molecule has 0 nitrogen and oxygen atoms in total. The lowest BCUT2D eigenvalue weighted by Gasteiger charge is -2.33. The molecular formula is C18H38F2. The molecule has 0 aromatic heterocycles. The predicted octanol–water partition coefficient (Wildman–Crippen LogP) is 7.61. The van der Waals surface area contributed by atoms with Crippen LogP contribution in [0.5, 0.6) is 0 Å². The van der Waals surface area contributed by atoms with Gasteiger partial charge in [-0.1, -0.05) is 73.6 Å². The van der Waals surface area contributed by atoms with Crippen molar-refractivity contribution in [3.8, 4) is 0 Å². The van der Waals surface area contributed by atoms with Gasteiger partial charge in [0.05, 0.1) is 0 Å². The van der Waals surface area contributed by atoms with Crippen molar-refractivity contribution in [1.82, 2.24) is 0 Å². The first-order valence-corrected chi connectivity index (χ1v) is 8.77. The predicted molar refractivity (Wildman–Crippen MR) is 87.6 cm³/mol. The molecule has 1 unspecified atom stereocenters. The van der Waals surface area contributed by atoms with Crippen LogP contribution in [-0.2, 0) is 0 Å². The summed E-state index contributed by atoms with van der Waals surface area (Å²) in [6.45, 7) is 12.3. The van der Waals surface area contributed by atoms with Gasteiger partial charge in [0.25, 0.3) is 0 Å². The maximum atomic E-state index is 14.0. The summed E-state index contributed by atoms with van der Waals surface area (Å²) in [4.78, 5) is 0. The van der Waals surface area contributed by atoms with Gasteiger partial charge in [0.1, 0.15) is 0 Å². The summed E-state index contributed by atoms with van der Waals surface area (Å²) in [6.07, 6.45) is 7.81. The Balaban J connectivity index is 0. The largest absolute Gasteiger partial charge is 0.248 e. The fourth-order valence-corrected chi connectivity index (χ4v) is 2.86. The molecule has 0 aliphatic carbocycles. The minimum absolute atomic E-state index is 0.0757. The van der Waals surface area contributed by atoms with Crippen LogP contribution in [0.4, 0.5) is 8.78 Å². The van der Waals surface area contributed by atoms with Crippen molar-refractivity contribution in [2.24, 2.45) is 5.41 Å². The monoisotopic (exact) mass is 292 g/mol. The summed E-state index contributed by atoms with van der Waals surface area (Å²) in [5.74, 6) is -2.47. The molecule has 2 heteroatoms. The molecule has 0 aromatic carbocycles. The number of rotatable bonds is 11. The van der Waals surface area contributed by atoms with Gasteiger partial charge in [-0.05, 0) is 24.7 Å². The topological polar surface area (TPSA) is 0 Å². The fourth-order valence-electron chi connectivity index (χ4n) is 2.86. The summed E-state index contributed by atoms with van der Waals surface area (Å²) in [7, 11) is 0. The van der Waals surface area contributed by atoms with Gasteiger partial charge in [-0.15, -0.1) is 0 Å². The van der Waals surface area contributed by atoms with E-state index in [4.69, 9.17) is 0 Å². The van der Waals surface area contributed by atoms with E-state index in [9.17, 15) is 8.78 Å². The number of unbranched alkanes of at least 4 members (excludes halogenated alkanes) is 3. The summed E-state index contributed by atoms with van der Waals surface area (Å²) < 4.78 is 28.0. The van der Waals surface area contributed by atoms with Crippen molar-refractivity contribution in [3.63, 3.8) is 0 Å². The number of halogens is 2. The average molecular weight is 292 g/mol. The molecule has 124 valence electrons. The Bertz CT molecular complexity index is 202. The number of hydrogen-bond acceptors (Lipinski definition) is 0. The third-order valence-corrected chi connectivity index (χ3v) is 3.82.